The number of carbonyl (C=O) groups excluding carboxylic acids is 1. The van der Waals surface area contributed by atoms with E-state index >= 15 is 0 Å². The van der Waals surface area contributed by atoms with Crippen LogP contribution < -0.4 is 10.6 Å². The maximum absolute atomic E-state index is 12.7. The maximum atomic E-state index is 12.7. The minimum atomic E-state index is -3.63. The Hall–Kier alpha value is -1.52. The summed E-state index contributed by atoms with van der Waals surface area (Å²) in [5.41, 5.74) is 0.287. The molecule has 0 aliphatic carbocycles. The topological polar surface area (TPSA) is 108 Å². The molecule has 2 unspecified atom stereocenters. The van der Waals surface area contributed by atoms with Crippen LogP contribution in [0.3, 0.4) is 0 Å². The number of β-amino-alcohol motifs (C(OH)–C–C–N with tert-alkyl or cyclic N) is 1. The van der Waals surface area contributed by atoms with E-state index in [-0.39, 0.29) is 22.3 Å². The number of amides is 1. The molecule has 2 atom stereocenters. The zero-order valence-electron chi connectivity index (χ0n) is 13.8. The molecule has 8 nitrogen and oxygen atoms in total. The first-order chi connectivity index (χ1) is 12.0. The molecule has 0 aromatic heterocycles. The predicted octanol–water partition coefficient (Wildman–Crippen LogP) is -0.982. The molecule has 138 valence electrons. The van der Waals surface area contributed by atoms with Gasteiger partial charge in [0.15, 0.2) is 0 Å². The minimum absolute atomic E-state index is 0.0378. The molecular weight excluding hydrogens is 346 g/mol. The Balaban J connectivity index is 1.69. The van der Waals surface area contributed by atoms with Gasteiger partial charge in [-0.25, -0.2) is 8.42 Å². The number of carbonyl (C=O) groups is 1. The lowest BCUT2D eigenvalue weighted by Gasteiger charge is -2.26. The van der Waals surface area contributed by atoms with Crippen LogP contribution in [0.1, 0.15) is 10.4 Å². The number of nitrogens with zero attached hydrogens (tertiary/aromatic N) is 1. The van der Waals surface area contributed by atoms with Crippen molar-refractivity contribution in [2.75, 3.05) is 45.9 Å². The Morgan fingerprint density at radius 3 is 2.76 bits per heavy atom. The van der Waals surface area contributed by atoms with Gasteiger partial charge in [0.05, 0.1) is 24.2 Å². The van der Waals surface area contributed by atoms with Gasteiger partial charge in [-0.2, -0.15) is 4.31 Å². The van der Waals surface area contributed by atoms with Crippen LogP contribution in [0.25, 0.3) is 0 Å². The van der Waals surface area contributed by atoms with Gasteiger partial charge in [0, 0.05) is 44.2 Å². The molecule has 1 aromatic carbocycles. The number of aliphatic hydroxyl groups excluding tert-OH is 1. The average molecular weight is 369 g/mol. The third kappa shape index (κ3) is 4.18. The van der Waals surface area contributed by atoms with E-state index in [1.165, 1.54) is 16.4 Å². The first-order valence-electron chi connectivity index (χ1n) is 8.33. The van der Waals surface area contributed by atoms with Crippen LogP contribution in [0.4, 0.5) is 0 Å². The molecule has 2 aliphatic heterocycles. The molecule has 1 amide bonds. The normalized spacial score (nSPS) is 25.0. The lowest BCUT2D eigenvalue weighted by molar-refractivity contribution is 0.0730. The molecule has 3 rings (SSSR count). The van der Waals surface area contributed by atoms with Crippen molar-refractivity contribution >= 4 is 15.9 Å². The Labute approximate surface area is 147 Å². The number of aliphatic hydroxyl groups is 1. The number of hydrogen-bond acceptors (Lipinski definition) is 6. The lowest BCUT2D eigenvalue weighted by Crippen LogP contribution is -2.40. The molecule has 3 N–H and O–H groups in total. The van der Waals surface area contributed by atoms with Gasteiger partial charge >= 0.3 is 0 Å². The fourth-order valence-corrected chi connectivity index (χ4v) is 4.44. The van der Waals surface area contributed by atoms with Gasteiger partial charge in [0.25, 0.3) is 5.91 Å². The van der Waals surface area contributed by atoms with Gasteiger partial charge in [-0.1, -0.05) is 6.07 Å². The number of benzene rings is 1. The second-order valence-corrected chi connectivity index (χ2v) is 8.18. The van der Waals surface area contributed by atoms with Gasteiger partial charge in [0.1, 0.15) is 0 Å². The summed E-state index contributed by atoms with van der Waals surface area (Å²) in [4.78, 5) is 12.4. The summed E-state index contributed by atoms with van der Waals surface area (Å²) in [5, 5.41) is 15.6. The molecule has 2 saturated heterocycles. The highest BCUT2D eigenvalue weighted by Gasteiger charge is 2.28. The number of ether oxygens (including phenoxy) is 1. The number of morpholine rings is 1. The molecule has 2 aliphatic rings. The highest BCUT2D eigenvalue weighted by Crippen LogP contribution is 2.18. The summed E-state index contributed by atoms with van der Waals surface area (Å²) >= 11 is 0. The highest BCUT2D eigenvalue weighted by molar-refractivity contribution is 7.89. The van der Waals surface area contributed by atoms with Gasteiger partial charge in [-0.15, -0.1) is 0 Å². The molecule has 0 bridgehead atoms. The van der Waals surface area contributed by atoms with Crippen LogP contribution in [0, 0.1) is 5.92 Å². The number of sulfonamides is 1. The second-order valence-electron chi connectivity index (χ2n) is 6.24. The summed E-state index contributed by atoms with van der Waals surface area (Å²) in [6, 6.07) is 6.03. The lowest BCUT2D eigenvalue weighted by atomic mass is 10.1. The first-order valence-corrected chi connectivity index (χ1v) is 9.77. The van der Waals surface area contributed by atoms with E-state index in [1.54, 1.807) is 12.1 Å². The fourth-order valence-electron chi connectivity index (χ4n) is 2.99. The van der Waals surface area contributed by atoms with Crippen LogP contribution in [-0.4, -0.2) is 75.8 Å². The van der Waals surface area contributed by atoms with Crippen LogP contribution >= 0.6 is 0 Å². The van der Waals surface area contributed by atoms with E-state index in [0.29, 0.717) is 45.9 Å². The van der Waals surface area contributed by atoms with Gasteiger partial charge in [-0.3, -0.25) is 4.79 Å². The van der Waals surface area contributed by atoms with Crippen molar-refractivity contribution < 1.29 is 23.1 Å². The van der Waals surface area contributed by atoms with E-state index in [9.17, 15) is 18.3 Å². The summed E-state index contributed by atoms with van der Waals surface area (Å²) in [6.45, 7) is 2.87. The number of hydrogen-bond donors (Lipinski definition) is 3. The van der Waals surface area contributed by atoms with Crippen molar-refractivity contribution in [3.8, 4) is 0 Å². The smallest absolute Gasteiger partial charge is 0.251 e. The Kier molecular flexibility index (Phi) is 5.70. The minimum Gasteiger partial charge on any atom is -0.391 e. The quantitative estimate of drug-likeness (QED) is 0.616. The van der Waals surface area contributed by atoms with Crippen molar-refractivity contribution in [3.05, 3.63) is 29.8 Å². The zero-order valence-corrected chi connectivity index (χ0v) is 14.7. The average Bonchev–Trinajstić information content (AvgIpc) is 3.05. The van der Waals surface area contributed by atoms with Crippen LogP contribution in [0.15, 0.2) is 29.2 Å². The SMILES string of the molecule is O=C(NCC1CNCC1O)c1cccc(S(=O)(=O)N2CCOCC2)c1. The Bertz CT molecular complexity index is 718. The fraction of sp³-hybridized carbons (Fsp3) is 0.562. The van der Waals surface area contributed by atoms with Crippen molar-refractivity contribution in [2.45, 2.75) is 11.0 Å². The monoisotopic (exact) mass is 369 g/mol. The third-order valence-electron chi connectivity index (χ3n) is 4.53. The van der Waals surface area contributed by atoms with Crippen molar-refractivity contribution in [3.63, 3.8) is 0 Å². The zero-order chi connectivity index (χ0) is 17.9. The molecule has 25 heavy (non-hydrogen) atoms. The maximum Gasteiger partial charge on any atom is 0.251 e. The van der Waals surface area contributed by atoms with Crippen LogP contribution in [-0.2, 0) is 14.8 Å². The number of nitrogens with one attached hydrogen (secondary N) is 2. The number of rotatable bonds is 5. The summed E-state index contributed by atoms with van der Waals surface area (Å²) in [6.07, 6.45) is -0.478. The van der Waals surface area contributed by atoms with E-state index in [1.807, 2.05) is 0 Å². The van der Waals surface area contributed by atoms with Crippen molar-refractivity contribution in [2.24, 2.45) is 5.92 Å². The van der Waals surface area contributed by atoms with E-state index in [4.69, 9.17) is 4.74 Å². The van der Waals surface area contributed by atoms with Gasteiger partial charge in [0.2, 0.25) is 10.0 Å². The van der Waals surface area contributed by atoms with E-state index < -0.39 is 16.1 Å². The largest absolute Gasteiger partial charge is 0.391 e. The molecule has 2 fully saturated rings. The Morgan fingerprint density at radius 1 is 1.32 bits per heavy atom. The standard InChI is InChI=1S/C16H23N3O5S/c20-15-11-17-9-13(15)10-18-16(21)12-2-1-3-14(8-12)25(22,23)19-4-6-24-7-5-19/h1-3,8,13,15,17,20H,4-7,9-11H2,(H,18,21). The molecule has 2 heterocycles. The second kappa shape index (κ2) is 7.79. The highest BCUT2D eigenvalue weighted by atomic mass is 32.2. The molecule has 0 radical (unpaired) electrons. The molecule has 9 heteroatoms. The van der Waals surface area contributed by atoms with E-state index in [0.717, 1.165) is 0 Å². The van der Waals surface area contributed by atoms with E-state index in [2.05, 4.69) is 10.6 Å². The molecule has 0 saturated carbocycles. The molecule has 1 aromatic rings. The Morgan fingerprint density at radius 2 is 2.08 bits per heavy atom. The summed E-state index contributed by atoms with van der Waals surface area (Å²) in [5.74, 6) is -0.387. The first kappa shape index (κ1) is 18.3. The third-order valence-corrected chi connectivity index (χ3v) is 6.43. The molecular formula is C16H23N3O5S. The predicted molar refractivity (Wildman–Crippen MR) is 90.7 cm³/mol. The van der Waals surface area contributed by atoms with Gasteiger partial charge in [-0.05, 0) is 18.2 Å². The van der Waals surface area contributed by atoms with Crippen molar-refractivity contribution in [1.29, 1.82) is 0 Å². The van der Waals surface area contributed by atoms with Crippen LogP contribution in [0.2, 0.25) is 0 Å². The molecule has 0 spiro atoms. The summed E-state index contributed by atoms with van der Waals surface area (Å²) < 4.78 is 31.9. The van der Waals surface area contributed by atoms with Crippen LogP contribution in [0.5, 0.6) is 0 Å². The van der Waals surface area contributed by atoms with Crippen molar-refractivity contribution in [1.82, 2.24) is 14.9 Å². The van der Waals surface area contributed by atoms with Gasteiger partial charge < -0.3 is 20.5 Å². The summed E-state index contributed by atoms with van der Waals surface area (Å²) in [7, 11) is -3.63.